The van der Waals surface area contributed by atoms with Gasteiger partial charge < -0.3 is 20.8 Å². The molecule has 0 radical (unpaired) electrons. The van der Waals surface area contributed by atoms with E-state index in [4.69, 9.17) is 15.7 Å². The van der Waals surface area contributed by atoms with Crippen molar-refractivity contribution in [3.63, 3.8) is 0 Å². The molecule has 0 amide bonds. The summed E-state index contributed by atoms with van der Waals surface area (Å²) in [5, 5.41) is 3.42. The van der Waals surface area contributed by atoms with Gasteiger partial charge in [-0.2, -0.15) is 0 Å². The van der Waals surface area contributed by atoms with E-state index in [1.165, 1.54) is 0 Å². The lowest BCUT2D eigenvalue weighted by atomic mass is 10.1. The fourth-order valence-corrected chi connectivity index (χ4v) is 3.36. The first-order valence-electron chi connectivity index (χ1n) is 10.6. The molecule has 1 aliphatic carbocycles. The average Bonchev–Trinajstić information content (AvgIpc) is 3.31. The van der Waals surface area contributed by atoms with Crippen LogP contribution in [0, 0.1) is 6.92 Å². The number of para-hydroxylation sites is 1. The number of ether oxygens (including phenoxy) is 1. The number of methoxy groups -OCH3 is 1. The van der Waals surface area contributed by atoms with Gasteiger partial charge in [0, 0.05) is 41.8 Å². The van der Waals surface area contributed by atoms with E-state index in [9.17, 15) is 4.79 Å². The largest absolute Gasteiger partial charge is 0.385 e. The summed E-state index contributed by atoms with van der Waals surface area (Å²) in [5.74, 6) is 0.766. The van der Waals surface area contributed by atoms with E-state index in [1.807, 2.05) is 38.1 Å². The summed E-state index contributed by atoms with van der Waals surface area (Å²) >= 11 is 0. The molecule has 1 fully saturated rings. The Kier molecular flexibility index (Phi) is 6.48. The highest BCUT2D eigenvalue weighted by molar-refractivity contribution is 5.93. The number of nitrogens with zero attached hydrogens (tertiary/aromatic N) is 2. The molecule has 7 nitrogen and oxygen atoms in total. The summed E-state index contributed by atoms with van der Waals surface area (Å²) in [6.07, 6.45) is 2.65. The van der Waals surface area contributed by atoms with E-state index in [-0.39, 0.29) is 5.54 Å². The molecule has 4 rings (SSSR count). The van der Waals surface area contributed by atoms with Gasteiger partial charge in [0.25, 0.3) is 0 Å². The van der Waals surface area contributed by atoms with Crippen molar-refractivity contribution in [2.24, 2.45) is 5.73 Å². The van der Waals surface area contributed by atoms with Crippen LogP contribution in [0.2, 0.25) is 0 Å². The first-order valence-corrected chi connectivity index (χ1v) is 10.6. The van der Waals surface area contributed by atoms with Gasteiger partial charge in [0.2, 0.25) is 0 Å². The summed E-state index contributed by atoms with van der Waals surface area (Å²) < 4.78 is 4.54. The van der Waals surface area contributed by atoms with Crippen LogP contribution in [0.3, 0.4) is 0 Å². The van der Waals surface area contributed by atoms with E-state index in [0.717, 1.165) is 65.2 Å². The Morgan fingerprint density at radius 1 is 1.29 bits per heavy atom. The minimum absolute atomic E-state index is 0.121. The van der Waals surface area contributed by atoms with Crippen LogP contribution >= 0.6 is 0 Å². The van der Waals surface area contributed by atoms with Crippen molar-refractivity contribution in [2.45, 2.75) is 58.5 Å². The van der Waals surface area contributed by atoms with Crippen LogP contribution in [-0.2, 0) is 10.3 Å². The molecule has 2 heterocycles. The van der Waals surface area contributed by atoms with Crippen LogP contribution in [0.1, 0.15) is 62.3 Å². The van der Waals surface area contributed by atoms with E-state index in [1.54, 1.807) is 7.11 Å². The number of anilines is 1. The van der Waals surface area contributed by atoms with Gasteiger partial charge in [-0.25, -0.2) is 9.97 Å². The molecule has 0 aliphatic heterocycles. The summed E-state index contributed by atoms with van der Waals surface area (Å²) in [4.78, 5) is 24.5. The van der Waals surface area contributed by atoms with Crippen molar-refractivity contribution in [1.29, 1.82) is 0 Å². The summed E-state index contributed by atoms with van der Waals surface area (Å²) in [6, 6.07) is 7.77. The molecular weight excluding hydrogens is 390 g/mol. The molecule has 0 atom stereocenters. The van der Waals surface area contributed by atoms with Gasteiger partial charge in [-0.1, -0.05) is 12.1 Å². The second-order valence-corrected chi connectivity index (χ2v) is 9.07. The van der Waals surface area contributed by atoms with Crippen molar-refractivity contribution < 1.29 is 9.53 Å². The maximum absolute atomic E-state index is 11.6. The first-order chi connectivity index (χ1) is 14.6. The number of aryl methyl sites for hydroxylation is 1. The van der Waals surface area contributed by atoms with Crippen molar-refractivity contribution in [1.82, 2.24) is 15.0 Å². The standard InChI is InChI=1S/C21H25N5O.C3H8O/c1-12-19(26-20(2,3)4)25-17-14(6-5-7-15(17)23-12)16-10-13(11-27)18(24-16)21(22)8-9-21;1-3-4-2/h5-7,10-11,24H,8-9,22H2,1-4H3,(H,25,26);3H2,1-2H3. The molecule has 0 unspecified atom stereocenters. The topological polar surface area (TPSA) is 106 Å². The van der Waals surface area contributed by atoms with Gasteiger partial charge in [-0.15, -0.1) is 0 Å². The van der Waals surface area contributed by atoms with E-state index < -0.39 is 5.54 Å². The van der Waals surface area contributed by atoms with Crippen molar-refractivity contribution in [3.05, 3.63) is 41.2 Å². The predicted octanol–water partition coefficient (Wildman–Crippen LogP) is 4.56. The van der Waals surface area contributed by atoms with Crippen LogP contribution in [0.4, 0.5) is 5.82 Å². The van der Waals surface area contributed by atoms with Crippen LogP contribution in [0.25, 0.3) is 22.3 Å². The molecule has 1 aromatic carbocycles. The van der Waals surface area contributed by atoms with Gasteiger partial charge in [-0.3, -0.25) is 4.79 Å². The molecule has 1 aliphatic rings. The molecule has 0 saturated heterocycles. The van der Waals surface area contributed by atoms with Gasteiger partial charge >= 0.3 is 0 Å². The third-order valence-corrected chi connectivity index (χ3v) is 5.20. The number of nitrogens with two attached hydrogens (primary N) is 1. The minimum atomic E-state index is -0.402. The number of hydrogen-bond acceptors (Lipinski definition) is 6. The fraction of sp³-hybridized carbons (Fsp3) is 0.458. The Balaban J connectivity index is 0.000000628. The van der Waals surface area contributed by atoms with Gasteiger partial charge in [0.05, 0.1) is 16.7 Å². The number of aromatic nitrogens is 3. The second-order valence-electron chi connectivity index (χ2n) is 9.07. The van der Waals surface area contributed by atoms with E-state index in [0.29, 0.717) is 5.56 Å². The summed E-state index contributed by atoms with van der Waals surface area (Å²) in [6.45, 7) is 11.0. The molecule has 2 aromatic heterocycles. The van der Waals surface area contributed by atoms with Crippen molar-refractivity contribution in [2.75, 3.05) is 19.0 Å². The summed E-state index contributed by atoms with van der Waals surface area (Å²) in [5.41, 5.74) is 11.5. The van der Waals surface area contributed by atoms with E-state index >= 15 is 0 Å². The highest BCUT2D eigenvalue weighted by atomic mass is 16.5. The molecule has 166 valence electrons. The lowest BCUT2D eigenvalue weighted by Crippen LogP contribution is -2.27. The Morgan fingerprint density at radius 3 is 2.52 bits per heavy atom. The third kappa shape index (κ3) is 5.11. The highest BCUT2D eigenvalue weighted by Gasteiger charge is 2.43. The van der Waals surface area contributed by atoms with Gasteiger partial charge in [-0.05, 0) is 59.6 Å². The smallest absolute Gasteiger partial charge is 0.151 e. The predicted molar refractivity (Wildman–Crippen MR) is 125 cm³/mol. The van der Waals surface area contributed by atoms with Crippen molar-refractivity contribution in [3.8, 4) is 11.3 Å². The monoisotopic (exact) mass is 423 g/mol. The number of rotatable bonds is 5. The number of hydrogen-bond donors (Lipinski definition) is 3. The quantitative estimate of drug-likeness (QED) is 0.520. The zero-order valence-corrected chi connectivity index (χ0v) is 19.3. The number of aldehydes is 1. The Morgan fingerprint density at radius 2 is 1.97 bits per heavy atom. The normalized spacial score (nSPS) is 14.7. The highest BCUT2D eigenvalue weighted by Crippen LogP contribution is 2.44. The zero-order chi connectivity index (χ0) is 22.8. The molecule has 0 bridgehead atoms. The average molecular weight is 424 g/mol. The third-order valence-electron chi connectivity index (χ3n) is 5.20. The number of carbonyl (C=O) groups is 1. The molecule has 0 spiro atoms. The van der Waals surface area contributed by atoms with E-state index in [2.05, 4.69) is 35.8 Å². The summed E-state index contributed by atoms with van der Waals surface area (Å²) in [7, 11) is 1.68. The molecule has 31 heavy (non-hydrogen) atoms. The Hall–Kier alpha value is -2.77. The maximum Gasteiger partial charge on any atom is 0.151 e. The lowest BCUT2D eigenvalue weighted by Gasteiger charge is -2.22. The number of nitrogens with one attached hydrogen (secondary N) is 2. The van der Waals surface area contributed by atoms with Crippen molar-refractivity contribution >= 4 is 23.1 Å². The van der Waals surface area contributed by atoms with Gasteiger partial charge in [0.15, 0.2) is 6.29 Å². The number of aromatic amines is 1. The molecule has 4 N–H and O–H groups in total. The van der Waals surface area contributed by atoms with Crippen LogP contribution in [-0.4, -0.2) is 40.5 Å². The Bertz CT molecular complexity index is 1080. The maximum atomic E-state index is 11.6. The molecule has 3 aromatic rings. The number of H-pyrrole nitrogens is 1. The first kappa shape index (κ1) is 22.9. The van der Waals surface area contributed by atoms with Crippen LogP contribution in [0.15, 0.2) is 24.3 Å². The van der Waals surface area contributed by atoms with Crippen LogP contribution < -0.4 is 11.1 Å². The fourth-order valence-electron chi connectivity index (χ4n) is 3.36. The number of carbonyl (C=O) groups excluding carboxylic acids is 1. The van der Waals surface area contributed by atoms with Crippen LogP contribution in [0.5, 0.6) is 0 Å². The Labute approximate surface area is 183 Å². The minimum Gasteiger partial charge on any atom is -0.385 e. The second kappa shape index (κ2) is 8.77. The molecular formula is C24H33N5O2. The zero-order valence-electron chi connectivity index (χ0n) is 19.3. The van der Waals surface area contributed by atoms with Gasteiger partial charge in [0.1, 0.15) is 11.3 Å². The number of benzene rings is 1. The number of fused-ring (bicyclic) bond motifs is 1. The lowest BCUT2D eigenvalue weighted by molar-refractivity contribution is 0.112. The SMILES string of the molecule is CCOC.Cc1nc2cccc(-c3cc(C=O)c(C4(N)CC4)[nH]3)c2nc1NC(C)(C)C. The molecule has 7 heteroatoms. The molecule has 1 saturated carbocycles.